The molecule has 2 unspecified atom stereocenters. The molecule has 1 amide bonds. The molecule has 2 aliphatic carbocycles. The molecule has 1 aromatic rings. The van der Waals surface area contributed by atoms with Crippen LogP contribution in [0.15, 0.2) is 22.7 Å². The van der Waals surface area contributed by atoms with Crippen molar-refractivity contribution in [2.75, 3.05) is 0 Å². The molecule has 20 heavy (non-hydrogen) atoms. The Bertz CT molecular complexity index is 564. The number of carbonyl (C=O) groups excluding carboxylic acids is 1. The fourth-order valence-corrected chi connectivity index (χ4v) is 3.67. The van der Waals surface area contributed by atoms with Crippen molar-refractivity contribution in [3.8, 4) is 0 Å². The third-order valence-corrected chi connectivity index (χ3v) is 4.70. The molecule has 1 N–H and O–H groups in total. The van der Waals surface area contributed by atoms with E-state index in [2.05, 4.69) is 39.4 Å². The van der Waals surface area contributed by atoms with E-state index in [1.807, 2.05) is 20.8 Å². The van der Waals surface area contributed by atoms with Crippen LogP contribution in [0.4, 0.5) is 4.79 Å². The summed E-state index contributed by atoms with van der Waals surface area (Å²) in [6.07, 6.45) is 2.95. The van der Waals surface area contributed by atoms with Crippen LogP contribution in [-0.4, -0.2) is 17.7 Å². The van der Waals surface area contributed by atoms with Crippen molar-refractivity contribution < 1.29 is 9.53 Å². The van der Waals surface area contributed by atoms with Crippen LogP contribution < -0.4 is 5.32 Å². The van der Waals surface area contributed by atoms with E-state index in [-0.39, 0.29) is 17.6 Å². The first kappa shape index (κ1) is 13.9. The summed E-state index contributed by atoms with van der Waals surface area (Å²) in [6, 6.07) is 6.71. The molecule has 0 saturated heterocycles. The molecule has 0 radical (unpaired) electrons. The van der Waals surface area contributed by atoms with Crippen LogP contribution in [0.3, 0.4) is 0 Å². The molecule has 3 rings (SSSR count). The number of aryl methyl sites for hydroxylation is 1. The van der Waals surface area contributed by atoms with Gasteiger partial charge in [0.05, 0.1) is 0 Å². The highest BCUT2D eigenvalue weighted by atomic mass is 79.9. The summed E-state index contributed by atoms with van der Waals surface area (Å²) < 4.78 is 6.47. The lowest BCUT2D eigenvalue weighted by Crippen LogP contribution is -2.36. The van der Waals surface area contributed by atoms with Crippen molar-refractivity contribution >= 4 is 22.0 Å². The first-order chi connectivity index (χ1) is 9.30. The normalized spacial score (nSPS) is 27.3. The molecule has 0 aliphatic heterocycles. The van der Waals surface area contributed by atoms with Crippen LogP contribution in [0, 0.1) is 0 Å². The average Bonchev–Trinajstić information content (AvgIpc) is 2.84. The van der Waals surface area contributed by atoms with Crippen LogP contribution >= 0.6 is 15.9 Å². The van der Waals surface area contributed by atoms with E-state index in [1.54, 1.807) is 0 Å². The van der Waals surface area contributed by atoms with Gasteiger partial charge in [-0.05, 0) is 63.3 Å². The number of halogens is 1. The zero-order valence-corrected chi connectivity index (χ0v) is 13.7. The minimum Gasteiger partial charge on any atom is -0.444 e. The van der Waals surface area contributed by atoms with Gasteiger partial charge >= 0.3 is 6.09 Å². The van der Waals surface area contributed by atoms with Gasteiger partial charge in [0.25, 0.3) is 0 Å². The lowest BCUT2D eigenvalue weighted by atomic mass is 9.97. The second-order valence-electron chi connectivity index (χ2n) is 6.86. The summed E-state index contributed by atoms with van der Waals surface area (Å²) >= 11 is 3.52. The number of hydrogen-bond acceptors (Lipinski definition) is 2. The lowest BCUT2D eigenvalue weighted by molar-refractivity contribution is 0.0519. The van der Waals surface area contributed by atoms with E-state index >= 15 is 0 Å². The van der Waals surface area contributed by atoms with E-state index in [0.717, 1.165) is 23.7 Å². The van der Waals surface area contributed by atoms with Crippen LogP contribution in [0.5, 0.6) is 0 Å². The maximum absolute atomic E-state index is 11.9. The molecule has 1 aromatic carbocycles. The molecule has 0 aromatic heterocycles. The van der Waals surface area contributed by atoms with Gasteiger partial charge in [-0.2, -0.15) is 0 Å². The van der Waals surface area contributed by atoms with Crippen molar-refractivity contribution in [2.45, 2.75) is 57.1 Å². The Kier molecular flexibility index (Phi) is 3.12. The lowest BCUT2D eigenvalue weighted by Gasteiger charge is -2.20. The molecule has 3 nitrogen and oxygen atoms in total. The third kappa shape index (κ3) is 2.46. The predicted octanol–water partition coefficient (Wildman–Crippen LogP) is 3.93. The van der Waals surface area contributed by atoms with E-state index in [4.69, 9.17) is 4.74 Å². The second-order valence-corrected chi connectivity index (χ2v) is 7.78. The third-order valence-electron chi connectivity index (χ3n) is 4.21. The molecule has 1 saturated carbocycles. The van der Waals surface area contributed by atoms with Gasteiger partial charge in [-0.1, -0.05) is 22.0 Å². The summed E-state index contributed by atoms with van der Waals surface area (Å²) in [4.78, 5) is 11.9. The first-order valence-electron chi connectivity index (χ1n) is 7.09. The number of rotatable bonds is 1. The van der Waals surface area contributed by atoms with Gasteiger partial charge in [-0.15, -0.1) is 0 Å². The van der Waals surface area contributed by atoms with Crippen LogP contribution in [0.1, 0.15) is 44.7 Å². The Morgan fingerprint density at radius 2 is 2.20 bits per heavy atom. The van der Waals surface area contributed by atoms with E-state index < -0.39 is 5.60 Å². The van der Waals surface area contributed by atoms with Crippen molar-refractivity contribution in [1.29, 1.82) is 0 Å². The molecule has 1 spiro atoms. The predicted molar refractivity (Wildman–Crippen MR) is 81.9 cm³/mol. The molecule has 0 heterocycles. The summed E-state index contributed by atoms with van der Waals surface area (Å²) in [5.41, 5.74) is 2.53. The molecule has 108 valence electrons. The molecule has 2 aliphatic rings. The number of nitrogens with one attached hydrogen (secondary N) is 1. The van der Waals surface area contributed by atoms with Gasteiger partial charge in [0, 0.05) is 15.9 Å². The molecule has 4 heteroatoms. The van der Waals surface area contributed by atoms with Gasteiger partial charge in [-0.25, -0.2) is 4.79 Å². The van der Waals surface area contributed by atoms with Gasteiger partial charge in [0.1, 0.15) is 5.60 Å². The number of amides is 1. The van der Waals surface area contributed by atoms with Crippen molar-refractivity contribution in [1.82, 2.24) is 5.32 Å². The molecule has 0 bridgehead atoms. The van der Waals surface area contributed by atoms with Gasteiger partial charge in [0.15, 0.2) is 0 Å². The maximum Gasteiger partial charge on any atom is 0.407 e. The van der Waals surface area contributed by atoms with E-state index in [0.29, 0.717) is 0 Å². The SMILES string of the molecule is CC(C)(C)OC(=O)NC1CC12CCc1cc(Br)ccc12. The number of hydrogen-bond donors (Lipinski definition) is 1. The summed E-state index contributed by atoms with van der Waals surface area (Å²) in [6.45, 7) is 5.66. The second kappa shape index (κ2) is 4.48. The van der Waals surface area contributed by atoms with Gasteiger partial charge < -0.3 is 10.1 Å². The van der Waals surface area contributed by atoms with Crippen LogP contribution in [0.2, 0.25) is 0 Å². The number of fused-ring (bicyclic) bond motifs is 2. The smallest absolute Gasteiger partial charge is 0.407 e. The van der Waals surface area contributed by atoms with Crippen LogP contribution in [0.25, 0.3) is 0 Å². The highest BCUT2D eigenvalue weighted by molar-refractivity contribution is 9.10. The Morgan fingerprint density at radius 3 is 2.90 bits per heavy atom. The average molecular weight is 338 g/mol. The fourth-order valence-electron chi connectivity index (χ4n) is 3.27. The van der Waals surface area contributed by atoms with Crippen molar-refractivity contribution in [2.24, 2.45) is 0 Å². The Balaban J connectivity index is 1.70. The van der Waals surface area contributed by atoms with E-state index in [1.165, 1.54) is 11.1 Å². The van der Waals surface area contributed by atoms with Gasteiger partial charge in [-0.3, -0.25) is 0 Å². The number of ether oxygens (including phenoxy) is 1. The molecular weight excluding hydrogens is 318 g/mol. The number of benzene rings is 1. The summed E-state index contributed by atoms with van der Waals surface area (Å²) in [5.74, 6) is 0. The largest absolute Gasteiger partial charge is 0.444 e. The monoisotopic (exact) mass is 337 g/mol. The Morgan fingerprint density at radius 1 is 1.45 bits per heavy atom. The first-order valence-corrected chi connectivity index (χ1v) is 7.88. The fraction of sp³-hybridized carbons (Fsp3) is 0.562. The Labute approximate surface area is 128 Å². The van der Waals surface area contributed by atoms with Crippen LogP contribution in [-0.2, 0) is 16.6 Å². The standard InChI is InChI=1S/C16H20BrNO2/c1-15(2,3)20-14(19)18-13-9-16(13)7-6-10-8-11(17)4-5-12(10)16/h4-5,8,13H,6-7,9H2,1-3H3,(H,18,19). The molecule has 1 fully saturated rings. The molecular formula is C16H20BrNO2. The maximum atomic E-state index is 11.9. The Hall–Kier alpha value is -1.03. The topological polar surface area (TPSA) is 38.3 Å². The van der Waals surface area contributed by atoms with Crippen molar-refractivity contribution in [3.05, 3.63) is 33.8 Å². The van der Waals surface area contributed by atoms with E-state index in [9.17, 15) is 4.79 Å². The minimum atomic E-state index is -0.440. The minimum absolute atomic E-state index is 0.160. The number of carbonyl (C=O) groups is 1. The van der Waals surface area contributed by atoms with Gasteiger partial charge in [0.2, 0.25) is 0 Å². The summed E-state index contributed by atoms with van der Waals surface area (Å²) in [5, 5.41) is 3.03. The highest BCUT2D eigenvalue weighted by Gasteiger charge is 2.59. The highest BCUT2D eigenvalue weighted by Crippen LogP contribution is 2.57. The zero-order valence-electron chi connectivity index (χ0n) is 12.1. The number of alkyl carbamates (subject to hydrolysis) is 1. The van der Waals surface area contributed by atoms with Crippen molar-refractivity contribution in [3.63, 3.8) is 0 Å². The summed E-state index contributed by atoms with van der Waals surface area (Å²) in [7, 11) is 0. The quantitative estimate of drug-likeness (QED) is 0.843. The molecule has 2 atom stereocenters. The zero-order chi connectivity index (χ0) is 14.5.